The zero-order valence-corrected chi connectivity index (χ0v) is 11.8. The third-order valence-electron chi connectivity index (χ3n) is 3.00. The Morgan fingerprint density at radius 1 is 1.47 bits per heavy atom. The Labute approximate surface area is 110 Å². The molecule has 1 aliphatic heterocycles. The van der Waals surface area contributed by atoms with Crippen molar-refractivity contribution in [1.29, 1.82) is 0 Å². The Balaban J connectivity index is 1.85. The van der Waals surface area contributed by atoms with E-state index in [1.807, 2.05) is 23.6 Å². The van der Waals surface area contributed by atoms with E-state index in [0.717, 1.165) is 41.2 Å². The topological polar surface area (TPSA) is 46.1 Å². The van der Waals surface area contributed by atoms with Gasteiger partial charge in [-0.3, -0.25) is 4.79 Å². The summed E-state index contributed by atoms with van der Waals surface area (Å²) < 4.78 is 0. The van der Waals surface area contributed by atoms with Crippen LogP contribution < -0.4 is 0 Å². The summed E-state index contributed by atoms with van der Waals surface area (Å²) in [5.74, 6) is 0.195. The van der Waals surface area contributed by atoms with Crippen molar-refractivity contribution in [3.63, 3.8) is 0 Å². The average Bonchev–Trinajstić information content (AvgIpc) is 2.75. The second kappa shape index (κ2) is 5.82. The molecule has 0 radical (unpaired) electrons. The highest BCUT2D eigenvalue weighted by Gasteiger charge is 2.22. The molecule has 0 atom stereocenters. The molecular weight excluding hydrogens is 254 g/mol. The number of aryl methyl sites for hydroxylation is 1. The first-order chi connectivity index (χ1) is 8.19. The average molecular weight is 271 g/mol. The van der Waals surface area contributed by atoms with E-state index in [0.29, 0.717) is 6.42 Å². The highest BCUT2D eigenvalue weighted by atomic mass is 32.2. The van der Waals surface area contributed by atoms with Crippen LogP contribution in [0, 0.1) is 6.92 Å². The summed E-state index contributed by atoms with van der Waals surface area (Å²) in [4.78, 5) is 14.0. The third-order valence-corrected chi connectivity index (χ3v) is 4.98. The number of aromatic nitrogens is 2. The maximum Gasteiger partial charge on any atom is 0.229 e. The number of hydrogen-bond acceptors (Lipinski definition) is 5. The Morgan fingerprint density at radius 3 is 2.71 bits per heavy atom. The zero-order valence-electron chi connectivity index (χ0n) is 10.2. The quantitative estimate of drug-likeness (QED) is 0.840. The summed E-state index contributed by atoms with van der Waals surface area (Å²) in [6.45, 7) is 3.69. The summed E-state index contributed by atoms with van der Waals surface area (Å²) in [7, 11) is 0. The van der Waals surface area contributed by atoms with Gasteiger partial charge in [-0.15, -0.1) is 21.5 Å². The molecule has 0 spiro atoms. The van der Waals surface area contributed by atoms with Gasteiger partial charge in [0.25, 0.3) is 0 Å². The molecule has 0 aromatic carbocycles. The summed E-state index contributed by atoms with van der Waals surface area (Å²) in [6.07, 6.45) is 4.78. The van der Waals surface area contributed by atoms with E-state index in [1.54, 1.807) is 0 Å². The van der Waals surface area contributed by atoms with Gasteiger partial charge in [-0.1, -0.05) is 0 Å². The van der Waals surface area contributed by atoms with Crippen molar-refractivity contribution in [2.24, 2.45) is 0 Å². The first-order valence-electron chi connectivity index (χ1n) is 5.78. The third kappa shape index (κ3) is 3.42. The van der Waals surface area contributed by atoms with Gasteiger partial charge in [0.15, 0.2) is 0 Å². The fourth-order valence-corrected chi connectivity index (χ4v) is 3.37. The predicted molar refractivity (Wildman–Crippen MR) is 71.5 cm³/mol. The van der Waals surface area contributed by atoms with Crippen molar-refractivity contribution >= 4 is 29.0 Å². The number of carbonyl (C=O) groups is 1. The minimum atomic E-state index is 0.195. The van der Waals surface area contributed by atoms with Gasteiger partial charge in [0.2, 0.25) is 5.91 Å². The molecule has 1 amide bonds. The van der Waals surface area contributed by atoms with Crippen molar-refractivity contribution in [3.8, 4) is 0 Å². The highest BCUT2D eigenvalue weighted by molar-refractivity contribution is 7.99. The van der Waals surface area contributed by atoms with Gasteiger partial charge < -0.3 is 4.90 Å². The summed E-state index contributed by atoms with van der Waals surface area (Å²) in [6, 6.07) is 0. The number of hydrogen-bond donors (Lipinski definition) is 0. The molecule has 0 aliphatic carbocycles. The van der Waals surface area contributed by atoms with Gasteiger partial charge in [0.1, 0.15) is 10.0 Å². The standard InChI is InChI=1S/C11H17N3OS2/c1-8-12-13-10(17-8)7-11(15)14-5-3-9(16-2)4-6-14/h9H,3-7H2,1-2H3. The lowest BCUT2D eigenvalue weighted by Crippen LogP contribution is -2.40. The van der Waals surface area contributed by atoms with Crippen LogP contribution >= 0.6 is 23.1 Å². The number of piperidine rings is 1. The molecule has 1 fully saturated rings. The van der Waals surface area contributed by atoms with Crippen LogP contribution in [0.25, 0.3) is 0 Å². The molecule has 1 aliphatic rings. The maximum atomic E-state index is 12.0. The summed E-state index contributed by atoms with van der Waals surface area (Å²) >= 11 is 3.42. The van der Waals surface area contributed by atoms with Gasteiger partial charge in [-0.2, -0.15) is 11.8 Å². The number of thioether (sulfide) groups is 1. The minimum absolute atomic E-state index is 0.195. The number of nitrogens with zero attached hydrogens (tertiary/aromatic N) is 3. The van der Waals surface area contributed by atoms with Gasteiger partial charge >= 0.3 is 0 Å². The molecule has 0 N–H and O–H groups in total. The van der Waals surface area contributed by atoms with Crippen LogP contribution in [0.3, 0.4) is 0 Å². The maximum absolute atomic E-state index is 12.0. The fraction of sp³-hybridized carbons (Fsp3) is 0.727. The first-order valence-corrected chi connectivity index (χ1v) is 7.89. The van der Waals surface area contributed by atoms with E-state index in [4.69, 9.17) is 0 Å². The van der Waals surface area contributed by atoms with Crippen molar-refractivity contribution < 1.29 is 4.79 Å². The molecule has 0 bridgehead atoms. The van der Waals surface area contributed by atoms with Crippen molar-refractivity contribution in [1.82, 2.24) is 15.1 Å². The SMILES string of the molecule is CSC1CCN(C(=O)Cc2nnc(C)s2)CC1. The lowest BCUT2D eigenvalue weighted by Gasteiger charge is -2.31. The molecular formula is C11H17N3OS2. The van der Waals surface area contributed by atoms with E-state index >= 15 is 0 Å². The van der Waals surface area contributed by atoms with Gasteiger partial charge in [0, 0.05) is 18.3 Å². The fourth-order valence-electron chi connectivity index (χ4n) is 1.99. The van der Waals surface area contributed by atoms with Crippen LogP contribution in [0.15, 0.2) is 0 Å². The van der Waals surface area contributed by atoms with Crippen LogP contribution in [0.4, 0.5) is 0 Å². The second-order valence-electron chi connectivity index (χ2n) is 4.21. The van der Waals surface area contributed by atoms with Gasteiger partial charge in [-0.05, 0) is 26.0 Å². The van der Waals surface area contributed by atoms with Crippen LogP contribution in [-0.4, -0.2) is 45.6 Å². The van der Waals surface area contributed by atoms with E-state index < -0.39 is 0 Å². The van der Waals surface area contributed by atoms with Crippen LogP contribution in [0.5, 0.6) is 0 Å². The molecule has 2 heterocycles. The van der Waals surface area contributed by atoms with Crippen molar-refractivity contribution in [2.45, 2.75) is 31.4 Å². The normalized spacial score (nSPS) is 17.4. The Hall–Kier alpha value is -0.620. The van der Waals surface area contributed by atoms with Crippen LogP contribution in [-0.2, 0) is 11.2 Å². The smallest absolute Gasteiger partial charge is 0.229 e. The first kappa shape index (κ1) is 12.8. The summed E-state index contributed by atoms with van der Waals surface area (Å²) in [5, 5.41) is 10.4. The van der Waals surface area contributed by atoms with Gasteiger partial charge in [-0.25, -0.2) is 0 Å². The van der Waals surface area contributed by atoms with Crippen molar-refractivity contribution in [2.75, 3.05) is 19.3 Å². The van der Waals surface area contributed by atoms with E-state index in [2.05, 4.69) is 16.5 Å². The predicted octanol–water partition coefficient (Wildman–Crippen LogP) is 1.74. The molecule has 0 saturated carbocycles. The number of carbonyl (C=O) groups excluding carboxylic acids is 1. The molecule has 2 rings (SSSR count). The minimum Gasteiger partial charge on any atom is -0.342 e. The van der Waals surface area contributed by atoms with E-state index in [1.165, 1.54) is 11.3 Å². The lowest BCUT2D eigenvalue weighted by molar-refractivity contribution is -0.131. The van der Waals surface area contributed by atoms with E-state index in [-0.39, 0.29) is 5.91 Å². The Bertz CT molecular complexity index is 386. The Morgan fingerprint density at radius 2 is 2.18 bits per heavy atom. The molecule has 6 heteroatoms. The van der Waals surface area contributed by atoms with Crippen LogP contribution in [0.2, 0.25) is 0 Å². The molecule has 17 heavy (non-hydrogen) atoms. The largest absolute Gasteiger partial charge is 0.342 e. The molecule has 1 aromatic heterocycles. The molecule has 1 saturated heterocycles. The molecule has 4 nitrogen and oxygen atoms in total. The van der Waals surface area contributed by atoms with Crippen LogP contribution in [0.1, 0.15) is 22.9 Å². The number of amides is 1. The number of likely N-dealkylation sites (tertiary alicyclic amines) is 1. The lowest BCUT2D eigenvalue weighted by atomic mass is 10.1. The van der Waals surface area contributed by atoms with Crippen molar-refractivity contribution in [3.05, 3.63) is 10.0 Å². The molecule has 1 aromatic rings. The highest BCUT2D eigenvalue weighted by Crippen LogP contribution is 2.21. The number of rotatable bonds is 3. The Kier molecular flexibility index (Phi) is 4.39. The summed E-state index contributed by atoms with van der Waals surface area (Å²) in [5.41, 5.74) is 0. The molecule has 94 valence electrons. The van der Waals surface area contributed by atoms with Gasteiger partial charge in [0.05, 0.1) is 6.42 Å². The molecule has 0 unspecified atom stereocenters. The zero-order chi connectivity index (χ0) is 12.3. The second-order valence-corrected chi connectivity index (χ2v) is 6.61. The van der Waals surface area contributed by atoms with E-state index in [9.17, 15) is 4.79 Å². The monoisotopic (exact) mass is 271 g/mol.